The van der Waals surface area contributed by atoms with E-state index in [1.807, 2.05) is 0 Å². The summed E-state index contributed by atoms with van der Waals surface area (Å²) < 4.78 is 8.48. The first-order valence-corrected chi connectivity index (χ1v) is 6.64. The minimum Gasteiger partial charge on any atom is -0.359 e. The maximum atomic E-state index is 10.8. The summed E-state index contributed by atoms with van der Waals surface area (Å²) in [7, 11) is 0. The predicted molar refractivity (Wildman–Crippen MR) is 79.2 cm³/mol. The van der Waals surface area contributed by atoms with E-state index in [1.54, 1.807) is 0 Å². The zero-order valence-corrected chi connectivity index (χ0v) is 12.4. The van der Waals surface area contributed by atoms with Gasteiger partial charge in [0, 0.05) is 34.6 Å². The average molecular weight is 362 g/mol. The maximum absolute atomic E-state index is 10.8. The molecule has 0 aliphatic heterocycles. The van der Waals surface area contributed by atoms with Gasteiger partial charge in [-0.15, -0.1) is 0 Å². The Morgan fingerprint density at radius 1 is 0.769 bits per heavy atom. The van der Waals surface area contributed by atoms with Crippen LogP contribution in [0.15, 0.2) is 45.7 Å². The van der Waals surface area contributed by atoms with E-state index in [0.717, 1.165) is 6.07 Å². The van der Waals surface area contributed by atoms with Gasteiger partial charge in [0.2, 0.25) is 16.6 Å². The number of aromatic nitrogens is 4. The smallest absolute Gasteiger partial charge is 0.274 e. The molecule has 0 saturated carbocycles. The van der Waals surface area contributed by atoms with E-state index in [4.69, 9.17) is 0 Å². The molecule has 0 amide bonds. The van der Waals surface area contributed by atoms with Crippen molar-refractivity contribution in [3.8, 4) is 0 Å². The Morgan fingerprint density at radius 2 is 1.31 bits per heavy atom. The molecule has 2 aromatic heterocycles. The van der Waals surface area contributed by atoms with Crippen molar-refractivity contribution in [1.82, 2.24) is 10.3 Å². The van der Waals surface area contributed by atoms with E-state index in [2.05, 4.69) is 19.6 Å². The molecule has 14 nitrogen and oxygen atoms in total. The molecule has 0 bridgehead atoms. The summed E-state index contributed by atoms with van der Waals surface area (Å²) in [5.41, 5.74) is 0.395. The SMILES string of the molecule is O=[N+]([O-])c1ccc2c(c1)no[n+]2[O-].O=[N+]([O-])c1ccc2no[n+]([O-])c2c1. The molecule has 0 fully saturated rings. The Bertz CT molecular complexity index is 1140. The molecular weight excluding hydrogens is 356 g/mol. The summed E-state index contributed by atoms with van der Waals surface area (Å²) in [6.07, 6.45) is 0. The highest BCUT2D eigenvalue weighted by atomic mass is 16.8. The second-order valence-corrected chi connectivity index (χ2v) is 4.72. The van der Waals surface area contributed by atoms with Crippen LogP contribution in [0.3, 0.4) is 0 Å². The molecule has 26 heavy (non-hydrogen) atoms. The number of hydrogen-bond acceptors (Lipinski definition) is 10. The van der Waals surface area contributed by atoms with Gasteiger partial charge in [-0.25, -0.2) is 0 Å². The lowest BCUT2D eigenvalue weighted by Gasteiger charge is -1.88. The Morgan fingerprint density at radius 3 is 1.96 bits per heavy atom. The molecule has 2 heterocycles. The highest BCUT2D eigenvalue weighted by Gasteiger charge is 2.15. The molecule has 132 valence electrons. The number of nitro benzene ring substituents is 2. The predicted octanol–water partition coefficient (Wildman–Crippen LogP) is 0.739. The van der Waals surface area contributed by atoms with Crippen molar-refractivity contribution in [2.24, 2.45) is 0 Å². The van der Waals surface area contributed by atoms with E-state index >= 15 is 0 Å². The van der Waals surface area contributed by atoms with E-state index in [0.29, 0.717) is 5.52 Å². The molecule has 0 atom stereocenters. The zero-order chi connectivity index (χ0) is 18.8. The summed E-state index contributed by atoms with van der Waals surface area (Å²) in [6.45, 7) is 0. The topological polar surface area (TPSA) is 192 Å². The van der Waals surface area contributed by atoms with Crippen LogP contribution in [0.4, 0.5) is 11.4 Å². The zero-order valence-electron chi connectivity index (χ0n) is 12.4. The molecular formula is C12H6N6O8. The van der Waals surface area contributed by atoms with E-state index in [-0.39, 0.29) is 37.7 Å². The fourth-order valence-electron chi connectivity index (χ4n) is 1.95. The molecule has 0 unspecified atom stereocenters. The lowest BCUT2D eigenvalue weighted by atomic mass is 10.3. The number of benzene rings is 2. The highest BCUT2D eigenvalue weighted by molar-refractivity contribution is 5.73. The fraction of sp³-hybridized carbons (Fsp3) is 0. The summed E-state index contributed by atoms with van der Waals surface area (Å²) in [4.78, 5) is 19.8. The van der Waals surface area contributed by atoms with E-state index in [9.17, 15) is 30.6 Å². The summed E-state index contributed by atoms with van der Waals surface area (Å²) in [5, 5.41) is 48.9. The van der Waals surface area contributed by atoms with Crippen molar-refractivity contribution in [3.63, 3.8) is 0 Å². The van der Waals surface area contributed by atoms with Gasteiger partial charge >= 0.3 is 0 Å². The number of nitro groups is 2. The minimum atomic E-state index is -0.591. The third-order valence-corrected chi connectivity index (χ3v) is 3.16. The lowest BCUT2D eigenvalue weighted by molar-refractivity contribution is -0.782. The van der Waals surface area contributed by atoms with Gasteiger partial charge in [-0.1, -0.05) is 0 Å². The molecule has 0 spiro atoms. The molecule has 0 aliphatic rings. The van der Waals surface area contributed by atoms with E-state index < -0.39 is 9.85 Å². The summed E-state index contributed by atoms with van der Waals surface area (Å²) in [5.74, 6) is 0. The molecule has 2 aromatic carbocycles. The average Bonchev–Trinajstić information content (AvgIpc) is 3.18. The minimum absolute atomic E-state index is 0.0502. The molecule has 4 aromatic rings. The first-order valence-electron chi connectivity index (χ1n) is 6.64. The normalized spacial score (nSPS) is 10.5. The van der Waals surface area contributed by atoms with Crippen LogP contribution in [0.5, 0.6) is 0 Å². The number of rotatable bonds is 2. The van der Waals surface area contributed by atoms with Crippen LogP contribution in [0.1, 0.15) is 0 Å². The third-order valence-electron chi connectivity index (χ3n) is 3.16. The number of fused-ring (bicyclic) bond motifs is 2. The fourth-order valence-corrected chi connectivity index (χ4v) is 1.95. The highest BCUT2D eigenvalue weighted by Crippen LogP contribution is 2.17. The molecule has 14 heteroatoms. The van der Waals surface area contributed by atoms with Crippen LogP contribution < -0.4 is 9.81 Å². The number of non-ortho nitro benzene ring substituents is 2. The van der Waals surface area contributed by atoms with Crippen LogP contribution in [0.25, 0.3) is 22.1 Å². The summed E-state index contributed by atoms with van der Waals surface area (Å²) >= 11 is 0. The van der Waals surface area contributed by atoms with Crippen LogP contribution in [0.2, 0.25) is 0 Å². The quantitative estimate of drug-likeness (QED) is 0.279. The van der Waals surface area contributed by atoms with Gasteiger partial charge in [0.25, 0.3) is 16.9 Å². The molecule has 4 rings (SSSR count). The van der Waals surface area contributed by atoms with Crippen molar-refractivity contribution in [1.29, 1.82) is 0 Å². The first-order chi connectivity index (χ1) is 12.4. The monoisotopic (exact) mass is 362 g/mol. The van der Waals surface area contributed by atoms with Crippen LogP contribution >= 0.6 is 0 Å². The lowest BCUT2D eigenvalue weighted by Crippen LogP contribution is -2.22. The standard InChI is InChI=1S/2C6H3N3O4/c10-8(11)4-1-2-6-5(3-4)7-13-9(6)12;10-8(11)4-1-2-5-6(3-4)9(12)13-7-5/h2*1-3H. The van der Waals surface area contributed by atoms with Crippen molar-refractivity contribution in [2.75, 3.05) is 0 Å². The number of nitrogens with zero attached hydrogens (tertiary/aromatic N) is 6. The Labute approximate surface area is 140 Å². The van der Waals surface area contributed by atoms with Gasteiger partial charge in [-0.2, -0.15) is 0 Å². The van der Waals surface area contributed by atoms with Gasteiger partial charge in [0.1, 0.15) is 0 Å². The van der Waals surface area contributed by atoms with Crippen LogP contribution in [-0.2, 0) is 0 Å². The second kappa shape index (κ2) is 6.27. The van der Waals surface area contributed by atoms with Crippen molar-refractivity contribution in [2.45, 2.75) is 0 Å². The maximum Gasteiger partial charge on any atom is 0.274 e. The van der Waals surface area contributed by atoms with Gasteiger partial charge in [-0.3, -0.25) is 29.5 Å². The van der Waals surface area contributed by atoms with Crippen molar-refractivity contribution in [3.05, 3.63) is 67.0 Å². The van der Waals surface area contributed by atoms with Gasteiger partial charge < -0.3 is 10.4 Å². The molecule has 0 aliphatic carbocycles. The third kappa shape index (κ3) is 3.01. The van der Waals surface area contributed by atoms with E-state index in [1.165, 1.54) is 30.3 Å². The van der Waals surface area contributed by atoms with Crippen LogP contribution in [-0.4, -0.2) is 20.2 Å². The van der Waals surface area contributed by atoms with Crippen LogP contribution in [0, 0.1) is 30.6 Å². The van der Waals surface area contributed by atoms with Gasteiger partial charge in [-0.05, 0) is 9.81 Å². The van der Waals surface area contributed by atoms with Crippen molar-refractivity contribution < 1.29 is 28.9 Å². The summed E-state index contributed by atoms with van der Waals surface area (Å²) in [6, 6.07) is 7.40. The Balaban J connectivity index is 0.000000151. The Kier molecular flexibility index (Phi) is 3.98. The first kappa shape index (κ1) is 16.5. The van der Waals surface area contributed by atoms with Crippen molar-refractivity contribution >= 4 is 33.4 Å². The largest absolute Gasteiger partial charge is 0.359 e. The van der Waals surface area contributed by atoms with Gasteiger partial charge in [0.05, 0.1) is 22.0 Å². The number of hydrogen-bond donors (Lipinski definition) is 0. The second-order valence-electron chi connectivity index (χ2n) is 4.72. The Hall–Kier alpha value is -4.36. The van der Waals surface area contributed by atoms with Gasteiger partial charge in [0.15, 0.2) is 0 Å². The molecule has 0 radical (unpaired) electrons. The molecule has 0 N–H and O–H groups in total. The molecule has 0 saturated heterocycles.